The fourth-order valence-corrected chi connectivity index (χ4v) is 5.46. The van der Waals surface area contributed by atoms with Gasteiger partial charge in [-0.2, -0.15) is 5.26 Å². The van der Waals surface area contributed by atoms with Gasteiger partial charge < -0.3 is 20.1 Å². The first-order valence-corrected chi connectivity index (χ1v) is 15.1. The van der Waals surface area contributed by atoms with Crippen molar-refractivity contribution in [3.8, 4) is 34.4 Å². The van der Waals surface area contributed by atoms with Gasteiger partial charge in [-0.25, -0.2) is 4.98 Å². The first-order valence-electron chi connectivity index (χ1n) is 13.8. The third-order valence-electron chi connectivity index (χ3n) is 6.62. The van der Waals surface area contributed by atoms with Crippen molar-refractivity contribution in [1.29, 1.82) is 5.26 Å². The lowest BCUT2D eigenvalue weighted by molar-refractivity contribution is -0.113. The van der Waals surface area contributed by atoms with Crippen molar-refractivity contribution in [2.45, 2.75) is 11.9 Å². The van der Waals surface area contributed by atoms with Crippen LogP contribution in [0, 0.1) is 18.3 Å². The van der Waals surface area contributed by atoms with Crippen LogP contribution in [0.15, 0.2) is 108 Å². The zero-order valence-electron chi connectivity index (χ0n) is 24.3. The Balaban J connectivity index is 1.38. The van der Waals surface area contributed by atoms with Gasteiger partial charge in [0, 0.05) is 22.0 Å². The number of amides is 2. The molecule has 0 aliphatic carbocycles. The molecule has 2 N–H and O–H groups in total. The van der Waals surface area contributed by atoms with Crippen LogP contribution in [0.1, 0.15) is 21.6 Å². The fraction of sp³-hybridized carbons (Fsp3) is 0.0857. The van der Waals surface area contributed by atoms with Crippen LogP contribution in [-0.2, 0) is 4.79 Å². The van der Waals surface area contributed by atoms with Crippen LogP contribution in [0.2, 0.25) is 5.02 Å². The number of carbonyl (C=O) groups is 2. The monoisotopic (exact) mass is 634 g/mol. The molecule has 0 aliphatic rings. The molecule has 4 aromatic carbocycles. The SMILES string of the molecule is COc1ccc(-c2c(C#N)c(SCC(=O)Nc3ccc(Oc4ccccc4)cc3)nc(C)c2C(=O)Nc2ccc(Cl)cc2)cc1. The average Bonchev–Trinajstić information content (AvgIpc) is 3.06. The molecule has 0 atom stereocenters. The molecule has 1 aromatic heterocycles. The number of halogens is 1. The van der Waals surface area contributed by atoms with Gasteiger partial charge in [0.25, 0.3) is 5.91 Å². The van der Waals surface area contributed by atoms with Crippen molar-refractivity contribution >= 4 is 46.6 Å². The van der Waals surface area contributed by atoms with Gasteiger partial charge in [-0.05, 0) is 85.3 Å². The first-order chi connectivity index (χ1) is 21.8. The van der Waals surface area contributed by atoms with Crippen molar-refractivity contribution in [3.05, 3.63) is 125 Å². The van der Waals surface area contributed by atoms with Gasteiger partial charge in [-0.15, -0.1) is 0 Å². The molecular formula is C35H27ClN4O4S. The minimum atomic E-state index is -0.432. The summed E-state index contributed by atoms with van der Waals surface area (Å²) >= 11 is 7.12. The summed E-state index contributed by atoms with van der Waals surface area (Å²) in [5.41, 5.74) is 3.02. The van der Waals surface area contributed by atoms with E-state index in [9.17, 15) is 14.9 Å². The van der Waals surface area contributed by atoms with Crippen LogP contribution in [0.4, 0.5) is 11.4 Å². The summed E-state index contributed by atoms with van der Waals surface area (Å²) in [6.07, 6.45) is 0. The number of nitrogens with one attached hydrogen (secondary N) is 2. The van der Waals surface area contributed by atoms with Gasteiger partial charge in [0.15, 0.2) is 0 Å². The zero-order chi connectivity index (χ0) is 31.8. The maximum absolute atomic E-state index is 13.6. The second-order valence-electron chi connectivity index (χ2n) is 9.71. The molecule has 0 fully saturated rings. The van der Waals surface area contributed by atoms with Crippen LogP contribution in [-0.4, -0.2) is 29.7 Å². The molecule has 5 aromatic rings. The summed E-state index contributed by atoms with van der Waals surface area (Å²) in [5.74, 6) is 1.25. The molecule has 0 saturated heterocycles. The van der Waals surface area contributed by atoms with E-state index in [-0.39, 0.29) is 22.8 Å². The zero-order valence-corrected chi connectivity index (χ0v) is 25.9. The highest BCUT2D eigenvalue weighted by atomic mass is 35.5. The molecule has 0 radical (unpaired) electrons. The summed E-state index contributed by atoms with van der Waals surface area (Å²) < 4.78 is 11.1. The van der Waals surface area contributed by atoms with Crippen molar-refractivity contribution in [3.63, 3.8) is 0 Å². The molecule has 2 amide bonds. The van der Waals surface area contributed by atoms with Gasteiger partial charge in [0.05, 0.1) is 29.7 Å². The standard InChI is InChI=1S/C35H27ClN4O4S/c1-22-32(34(42)40-26-12-10-24(36)11-13-26)33(23-8-16-27(43-2)17-9-23)30(20-37)35(38-22)45-21-31(41)39-25-14-18-29(19-15-25)44-28-6-4-3-5-7-28/h3-19H,21H2,1-2H3,(H,39,41)(H,40,42). The van der Waals surface area contributed by atoms with E-state index in [4.69, 9.17) is 21.1 Å². The van der Waals surface area contributed by atoms with Gasteiger partial charge in [-0.3, -0.25) is 9.59 Å². The van der Waals surface area contributed by atoms with Crippen LogP contribution in [0.25, 0.3) is 11.1 Å². The first kappa shape index (κ1) is 31.1. The number of para-hydroxylation sites is 1. The number of thioether (sulfide) groups is 1. The molecule has 0 spiro atoms. The second kappa shape index (κ2) is 14.4. The van der Waals surface area contributed by atoms with Crippen molar-refractivity contribution in [1.82, 2.24) is 4.98 Å². The predicted molar refractivity (Wildman–Crippen MR) is 177 cm³/mol. The van der Waals surface area contributed by atoms with E-state index in [0.29, 0.717) is 55.5 Å². The molecule has 224 valence electrons. The molecule has 5 rings (SSSR count). The summed E-state index contributed by atoms with van der Waals surface area (Å²) in [4.78, 5) is 31.1. The Bertz CT molecular complexity index is 1860. The number of benzene rings is 4. The molecule has 0 aliphatic heterocycles. The van der Waals surface area contributed by atoms with Crippen molar-refractivity contribution < 1.29 is 19.1 Å². The molecule has 1 heterocycles. The number of pyridine rings is 1. The molecule has 45 heavy (non-hydrogen) atoms. The number of methoxy groups -OCH3 is 1. The summed E-state index contributed by atoms with van der Waals surface area (Å²) in [5, 5.41) is 16.9. The molecule has 8 nitrogen and oxygen atoms in total. The number of carbonyl (C=O) groups excluding carboxylic acids is 2. The minimum Gasteiger partial charge on any atom is -0.497 e. The Hall–Kier alpha value is -5.30. The Morgan fingerprint density at radius 3 is 2.09 bits per heavy atom. The topological polar surface area (TPSA) is 113 Å². The van der Waals surface area contributed by atoms with Crippen LogP contribution in [0.5, 0.6) is 17.2 Å². The highest BCUT2D eigenvalue weighted by Gasteiger charge is 2.25. The fourth-order valence-electron chi connectivity index (χ4n) is 4.50. The number of rotatable bonds is 10. The highest BCUT2D eigenvalue weighted by molar-refractivity contribution is 8.00. The van der Waals surface area contributed by atoms with Gasteiger partial charge in [0.2, 0.25) is 5.91 Å². The lowest BCUT2D eigenvalue weighted by Crippen LogP contribution is -2.18. The molecular weight excluding hydrogens is 608 g/mol. The van der Waals surface area contributed by atoms with Crippen LogP contribution >= 0.6 is 23.4 Å². The third-order valence-corrected chi connectivity index (χ3v) is 7.85. The van der Waals surface area contributed by atoms with E-state index < -0.39 is 5.91 Å². The Morgan fingerprint density at radius 1 is 0.844 bits per heavy atom. The number of hydrogen-bond donors (Lipinski definition) is 2. The Labute approximate surface area is 270 Å². The molecule has 0 unspecified atom stereocenters. The van der Waals surface area contributed by atoms with E-state index in [2.05, 4.69) is 21.7 Å². The van der Waals surface area contributed by atoms with E-state index in [1.54, 1.807) is 86.8 Å². The van der Waals surface area contributed by atoms with E-state index in [1.165, 1.54) is 0 Å². The summed E-state index contributed by atoms with van der Waals surface area (Å²) in [6.45, 7) is 1.70. The van der Waals surface area contributed by atoms with Crippen molar-refractivity contribution in [2.75, 3.05) is 23.5 Å². The Morgan fingerprint density at radius 2 is 1.44 bits per heavy atom. The number of anilines is 2. The Kier molecular flexibility index (Phi) is 10.00. The highest BCUT2D eigenvalue weighted by Crippen LogP contribution is 2.36. The van der Waals surface area contributed by atoms with Gasteiger partial charge in [-0.1, -0.05) is 53.7 Å². The number of aryl methyl sites for hydroxylation is 1. The molecule has 0 bridgehead atoms. The summed E-state index contributed by atoms with van der Waals surface area (Å²) in [6, 6.07) is 32.4. The number of hydrogen-bond acceptors (Lipinski definition) is 7. The van der Waals surface area contributed by atoms with Crippen LogP contribution in [0.3, 0.4) is 0 Å². The van der Waals surface area contributed by atoms with Crippen LogP contribution < -0.4 is 20.1 Å². The van der Waals surface area contributed by atoms with E-state index >= 15 is 0 Å². The smallest absolute Gasteiger partial charge is 0.258 e. The normalized spacial score (nSPS) is 10.4. The van der Waals surface area contributed by atoms with Gasteiger partial charge in [0.1, 0.15) is 28.3 Å². The van der Waals surface area contributed by atoms with E-state index in [1.807, 2.05) is 30.3 Å². The number of ether oxygens (including phenoxy) is 2. The average molecular weight is 635 g/mol. The lowest BCUT2D eigenvalue weighted by Gasteiger charge is -2.17. The van der Waals surface area contributed by atoms with Gasteiger partial charge >= 0.3 is 0 Å². The number of nitriles is 1. The largest absolute Gasteiger partial charge is 0.497 e. The quantitative estimate of drug-likeness (QED) is 0.148. The lowest BCUT2D eigenvalue weighted by atomic mass is 9.94. The predicted octanol–water partition coefficient (Wildman–Crippen LogP) is 8.37. The number of nitrogens with zero attached hydrogens (tertiary/aromatic N) is 2. The number of aromatic nitrogens is 1. The maximum Gasteiger partial charge on any atom is 0.258 e. The summed E-state index contributed by atoms with van der Waals surface area (Å²) in [7, 11) is 1.56. The van der Waals surface area contributed by atoms with Crippen molar-refractivity contribution in [2.24, 2.45) is 0 Å². The molecule has 10 heteroatoms. The maximum atomic E-state index is 13.6. The molecule has 0 saturated carbocycles. The van der Waals surface area contributed by atoms with E-state index in [0.717, 1.165) is 11.8 Å². The minimum absolute atomic E-state index is 0.0121. The second-order valence-corrected chi connectivity index (χ2v) is 11.1. The third kappa shape index (κ3) is 7.81.